The van der Waals surface area contributed by atoms with Gasteiger partial charge >= 0.3 is 5.97 Å². The molecule has 0 aliphatic heterocycles. The van der Waals surface area contributed by atoms with E-state index in [1.54, 1.807) is 30.3 Å². The van der Waals surface area contributed by atoms with Gasteiger partial charge in [-0.3, -0.25) is 4.79 Å². The standard InChI is InChI=1S/C18H18O4S/c1-12(19)13-8-9-16(21-2)14(10-13)11-22-18(20)15-6-4-5-7-17(15)23-3/h4-10H,11H2,1-3H3. The Hall–Kier alpha value is -2.27. The number of thioether (sulfide) groups is 1. The molecule has 0 radical (unpaired) electrons. The molecule has 0 aromatic heterocycles. The van der Waals surface area contributed by atoms with Gasteiger partial charge in [0.05, 0.1) is 12.7 Å². The molecule has 2 aromatic rings. The molecule has 0 fully saturated rings. The third kappa shape index (κ3) is 4.13. The molecular formula is C18H18O4S. The van der Waals surface area contributed by atoms with E-state index in [-0.39, 0.29) is 12.4 Å². The van der Waals surface area contributed by atoms with Crippen LogP contribution in [0.25, 0.3) is 0 Å². The highest BCUT2D eigenvalue weighted by Gasteiger charge is 2.14. The van der Waals surface area contributed by atoms with E-state index in [4.69, 9.17) is 9.47 Å². The molecule has 4 nitrogen and oxygen atoms in total. The maximum atomic E-state index is 12.3. The summed E-state index contributed by atoms with van der Waals surface area (Å²) < 4.78 is 10.6. The Morgan fingerprint density at radius 3 is 2.52 bits per heavy atom. The van der Waals surface area contributed by atoms with E-state index in [1.807, 2.05) is 18.4 Å². The minimum atomic E-state index is -0.398. The van der Waals surface area contributed by atoms with Gasteiger partial charge in [0.15, 0.2) is 5.78 Å². The number of methoxy groups -OCH3 is 1. The first-order valence-corrected chi connectivity index (χ1v) is 8.27. The SMILES string of the molecule is COc1ccc(C(C)=O)cc1COC(=O)c1ccccc1SC. The first kappa shape index (κ1) is 17.1. The molecule has 0 heterocycles. The van der Waals surface area contributed by atoms with Gasteiger partial charge in [-0.05, 0) is 43.5 Å². The second-order valence-electron chi connectivity index (χ2n) is 4.86. The molecule has 0 amide bonds. The summed E-state index contributed by atoms with van der Waals surface area (Å²) in [6.07, 6.45) is 1.91. The lowest BCUT2D eigenvalue weighted by Gasteiger charge is -2.11. The molecule has 0 saturated carbocycles. The second-order valence-corrected chi connectivity index (χ2v) is 5.71. The van der Waals surface area contributed by atoms with Gasteiger partial charge in [0.1, 0.15) is 12.4 Å². The predicted molar refractivity (Wildman–Crippen MR) is 90.3 cm³/mol. The monoisotopic (exact) mass is 330 g/mol. The van der Waals surface area contributed by atoms with Crippen molar-refractivity contribution in [3.63, 3.8) is 0 Å². The number of ketones is 1. The summed E-state index contributed by atoms with van der Waals surface area (Å²) in [7, 11) is 1.54. The predicted octanol–water partition coefficient (Wildman–Crippen LogP) is 3.98. The molecule has 0 unspecified atom stereocenters. The van der Waals surface area contributed by atoms with Crippen molar-refractivity contribution in [3.8, 4) is 5.75 Å². The van der Waals surface area contributed by atoms with E-state index in [0.29, 0.717) is 22.4 Å². The van der Waals surface area contributed by atoms with Crippen LogP contribution in [0.3, 0.4) is 0 Å². The quantitative estimate of drug-likeness (QED) is 0.455. The summed E-state index contributed by atoms with van der Waals surface area (Å²) in [6.45, 7) is 1.54. The Labute approximate surface area is 139 Å². The highest BCUT2D eigenvalue weighted by Crippen LogP contribution is 2.24. The Balaban J connectivity index is 2.18. The Morgan fingerprint density at radius 2 is 1.87 bits per heavy atom. The van der Waals surface area contributed by atoms with Crippen molar-refractivity contribution in [2.75, 3.05) is 13.4 Å². The maximum absolute atomic E-state index is 12.3. The number of hydrogen-bond acceptors (Lipinski definition) is 5. The zero-order chi connectivity index (χ0) is 16.8. The van der Waals surface area contributed by atoms with Gasteiger partial charge in [0.2, 0.25) is 0 Å². The van der Waals surface area contributed by atoms with Crippen LogP contribution in [-0.4, -0.2) is 25.1 Å². The topological polar surface area (TPSA) is 52.6 Å². The van der Waals surface area contributed by atoms with Crippen molar-refractivity contribution in [1.29, 1.82) is 0 Å². The number of carbonyl (C=O) groups is 2. The molecule has 2 aromatic carbocycles. The number of rotatable bonds is 6. The van der Waals surface area contributed by atoms with Crippen molar-refractivity contribution in [2.45, 2.75) is 18.4 Å². The van der Waals surface area contributed by atoms with Gasteiger partial charge < -0.3 is 9.47 Å². The number of ether oxygens (including phenoxy) is 2. The fourth-order valence-electron chi connectivity index (χ4n) is 2.14. The molecule has 0 atom stereocenters. The summed E-state index contributed by atoms with van der Waals surface area (Å²) in [6, 6.07) is 12.4. The summed E-state index contributed by atoms with van der Waals surface area (Å²) in [4.78, 5) is 24.6. The van der Waals surface area contributed by atoms with E-state index in [2.05, 4.69) is 0 Å². The van der Waals surface area contributed by atoms with Crippen molar-refractivity contribution in [1.82, 2.24) is 0 Å². The molecule has 2 rings (SSSR count). The minimum Gasteiger partial charge on any atom is -0.496 e. The van der Waals surface area contributed by atoms with E-state index in [9.17, 15) is 9.59 Å². The molecule has 0 spiro atoms. The van der Waals surface area contributed by atoms with Crippen molar-refractivity contribution < 1.29 is 19.1 Å². The highest BCUT2D eigenvalue weighted by molar-refractivity contribution is 7.98. The molecule has 0 aliphatic rings. The second kappa shape index (κ2) is 7.83. The lowest BCUT2D eigenvalue weighted by molar-refractivity contribution is 0.0466. The highest BCUT2D eigenvalue weighted by atomic mass is 32.2. The zero-order valence-corrected chi connectivity index (χ0v) is 14.1. The Morgan fingerprint density at radius 1 is 1.13 bits per heavy atom. The number of hydrogen-bond donors (Lipinski definition) is 0. The molecule has 0 bridgehead atoms. The third-order valence-electron chi connectivity index (χ3n) is 3.37. The van der Waals surface area contributed by atoms with Crippen LogP contribution in [0.15, 0.2) is 47.4 Å². The fraction of sp³-hybridized carbons (Fsp3) is 0.222. The average molecular weight is 330 g/mol. The molecule has 5 heteroatoms. The molecule has 120 valence electrons. The lowest BCUT2D eigenvalue weighted by atomic mass is 10.1. The maximum Gasteiger partial charge on any atom is 0.339 e. The molecule has 23 heavy (non-hydrogen) atoms. The summed E-state index contributed by atoms with van der Waals surface area (Å²) >= 11 is 1.49. The fourth-order valence-corrected chi connectivity index (χ4v) is 2.73. The van der Waals surface area contributed by atoms with E-state index in [0.717, 1.165) is 4.90 Å². The normalized spacial score (nSPS) is 10.2. The molecule has 0 aliphatic carbocycles. The number of benzene rings is 2. The van der Waals surface area contributed by atoms with E-state index >= 15 is 0 Å². The van der Waals surface area contributed by atoms with Crippen LogP contribution in [0.2, 0.25) is 0 Å². The van der Waals surface area contributed by atoms with Crippen LogP contribution < -0.4 is 4.74 Å². The summed E-state index contributed by atoms with van der Waals surface area (Å²) in [5, 5.41) is 0. The van der Waals surface area contributed by atoms with Gasteiger partial charge in [-0.1, -0.05) is 12.1 Å². The minimum absolute atomic E-state index is 0.0475. The van der Waals surface area contributed by atoms with Crippen molar-refractivity contribution in [3.05, 3.63) is 59.2 Å². The number of Topliss-reactive ketones (excluding diaryl/α,β-unsaturated/α-hetero) is 1. The van der Waals surface area contributed by atoms with Crippen LogP contribution in [0.5, 0.6) is 5.75 Å². The largest absolute Gasteiger partial charge is 0.496 e. The Kier molecular flexibility index (Phi) is 5.82. The van der Waals surface area contributed by atoms with Gasteiger partial charge in [-0.15, -0.1) is 11.8 Å². The van der Waals surface area contributed by atoms with Crippen LogP contribution in [-0.2, 0) is 11.3 Å². The smallest absolute Gasteiger partial charge is 0.339 e. The molecule has 0 N–H and O–H groups in total. The molecule has 0 saturated heterocycles. The van der Waals surface area contributed by atoms with Crippen LogP contribution in [0, 0.1) is 0 Å². The number of carbonyl (C=O) groups excluding carboxylic acids is 2. The van der Waals surface area contributed by atoms with Gasteiger partial charge in [-0.25, -0.2) is 4.79 Å². The van der Waals surface area contributed by atoms with Gasteiger partial charge in [-0.2, -0.15) is 0 Å². The lowest BCUT2D eigenvalue weighted by Crippen LogP contribution is -2.08. The van der Waals surface area contributed by atoms with E-state index in [1.165, 1.54) is 25.8 Å². The van der Waals surface area contributed by atoms with Crippen LogP contribution >= 0.6 is 11.8 Å². The van der Waals surface area contributed by atoms with Gasteiger partial charge in [0.25, 0.3) is 0 Å². The third-order valence-corrected chi connectivity index (χ3v) is 4.17. The molecular weight excluding hydrogens is 312 g/mol. The summed E-state index contributed by atoms with van der Waals surface area (Å²) in [5.74, 6) is 0.138. The van der Waals surface area contributed by atoms with Gasteiger partial charge in [0, 0.05) is 16.0 Å². The van der Waals surface area contributed by atoms with Crippen LogP contribution in [0.4, 0.5) is 0 Å². The van der Waals surface area contributed by atoms with Crippen molar-refractivity contribution in [2.24, 2.45) is 0 Å². The zero-order valence-electron chi connectivity index (χ0n) is 13.3. The Bertz CT molecular complexity index is 725. The first-order chi connectivity index (χ1) is 11.1. The van der Waals surface area contributed by atoms with Crippen molar-refractivity contribution >= 4 is 23.5 Å². The number of esters is 1. The average Bonchev–Trinajstić information content (AvgIpc) is 2.59. The van der Waals surface area contributed by atoms with Crippen LogP contribution in [0.1, 0.15) is 33.2 Å². The first-order valence-electron chi connectivity index (χ1n) is 7.04. The van der Waals surface area contributed by atoms with E-state index < -0.39 is 5.97 Å². The summed E-state index contributed by atoms with van der Waals surface area (Å²) in [5.41, 5.74) is 1.75.